The van der Waals surface area contributed by atoms with Crippen molar-refractivity contribution >= 4 is 5.97 Å². The van der Waals surface area contributed by atoms with Crippen LogP contribution in [0.1, 0.15) is 27.9 Å². The van der Waals surface area contributed by atoms with Crippen LogP contribution in [0.5, 0.6) is 11.5 Å². The van der Waals surface area contributed by atoms with Crippen LogP contribution in [0.2, 0.25) is 0 Å². The van der Waals surface area contributed by atoms with Crippen molar-refractivity contribution in [1.82, 2.24) is 5.32 Å². The predicted molar refractivity (Wildman–Crippen MR) is 93.0 cm³/mol. The van der Waals surface area contributed by atoms with E-state index in [9.17, 15) is 4.79 Å². The molecule has 2 N–H and O–H groups in total. The molecule has 0 radical (unpaired) electrons. The van der Waals surface area contributed by atoms with Crippen LogP contribution in [-0.2, 0) is 13.0 Å². The first-order chi connectivity index (χ1) is 11.6. The normalized spacial score (nSPS) is 10.4. The quantitative estimate of drug-likeness (QED) is 0.692. The van der Waals surface area contributed by atoms with E-state index in [1.165, 1.54) is 0 Å². The average Bonchev–Trinajstić information content (AvgIpc) is 2.61. The second-order valence-corrected chi connectivity index (χ2v) is 5.46. The standard InChI is InChI=1S/C19H23NO4/c1-23-17-9-10-18(24-2)16(12-17)4-3-11-20-13-14-5-7-15(8-6-14)19(21)22/h5-10,12,20H,3-4,11,13H2,1-2H3,(H,21,22). The zero-order valence-electron chi connectivity index (χ0n) is 14.0. The summed E-state index contributed by atoms with van der Waals surface area (Å²) in [6.45, 7) is 1.58. The predicted octanol–water partition coefficient (Wildman–Crippen LogP) is 3.12. The molecule has 0 fully saturated rings. The van der Waals surface area contributed by atoms with E-state index in [-0.39, 0.29) is 0 Å². The number of aryl methyl sites for hydroxylation is 1. The van der Waals surface area contributed by atoms with E-state index in [1.54, 1.807) is 26.4 Å². The molecule has 128 valence electrons. The molecule has 0 atom stereocenters. The number of benzene rings is 2. The van der Waals surface area contributed by atoms with Gasteiger partial charge in [0.2, 0.25) is 0 Å². The lowest BCUT2D eigenvalue weighted by molar-refractivity contribution is 0.0697. The summed E-state index contributed by atoms with van der Waals surface area (Å²) < 4.78 is 10.6. The summed E-state index contributed by atoms with van der Waals surface area (Å²) in [5, 5.41) is 12.2. The Balaban J connectivity index is 1.78. The molecule has 0 heterocycles. The Hall–Kier alpha value is -2.53. The van der Waals surface area contributed by atoms with Crippen LogP contribution in [0.25, 0.3) is 0 Å². The highest BCUT2D eigenvalue weighted by Gasteiger charge is 2.05. The van der Waals surface area contributed by atoms with Crippen molar-refractivity contribution in [1.29, 1.82) is 0 Å². The minimum Gasteiger partial charge on any atom is -0.497 e. The number of rotatable bonds is 9. The van der Waals surface area contributed by atoms with Crippen molar-refractivity contribution in [3.63, 3.8) is 0 Å². The third kappa shape index (κ3) is 4.99. The Morgan fingerprint density at radius 3 is 2.46 bits per heavy atom. The fourth-order valence-corrected chi connectivity index (χ4v) is 2.48. The molecule has 0 amide bonds. The Kier molecular flexibility index (Phi) is 6.63. The summed E-state index contributed by atoms with van der Waals surface area (Å²) in [6, 6.07) is 12.7. The van der Waals surface area contributed by atoms with Gasteiger partial charge in [-0.1, -0.05) is 12.1 Å². The summed E-state index contributed by atoms with van der Waals surface area (Å²) >= 11 is 0. The molecular weight excluding hydrogens is 306 g/mol. The molecule has 2 rings (SSSR count). The molecule has 5 heteroatoms. The van der Waals surface area contributed by atoms with E-state index in [0.29, 0.717) is 5.56 Å². The van der Waals surface area contributed by atoms with Crippen LogP contribution in [0.15, 0.2) is 42.5 Å². The van der Waals surface area contributed by atoms with Crippen LogP contribution < -0.4 is 14.8 Å². The first-order valence-corrected chi connectivity index (χ1v) is 7.88. The number of carbonyl (C=O) groups is 1. The highest BCUT2D eigenvalue weighted by molar-refractivity contribution is 5.87. The van der Waals surface area contributed by atoms with Gasteiger partial charge >= 0.3 is 5.97 Å². The summed E-state index contributed by atoms with van der Waals surface area (Å²) in [5.74, 6) is 0.805. The molecule has 0 saturated heterocycles. The van der Waals surface area contributed by atoms with Gasteiger partial charge in [-0.05, 0) is 60.8 Å². The lowest BCUT2D eigenvalue weighted by Gasteiger charge is -2.11. The minimum atomic E-state index is -0.901. The van der Waals surface area contributed by atoms with Crippen LogP contribution in [0, 0.1) is 0 Å². The van der Waals surface area contributed by atoms with Gasteiger partial charge in [0.05, 0.1) is 19.8 Å². The van der Waals surface area contributed by atoms with Crippen LogP contribution in [0.4, 0.5) is 0 Å². The number of hydrogen-bond acceptors (Lipinski definition) is 4. The summed E-state index contributed by atoms with van der Waals surface area (Å²) in [5.41, 5.74) is 2.51. The number of carboxylic acids is 1. The van der Waals surface area contributed by atoms with Gasteiger partial charge in [-0.3, -0.25) is 0 Å². The van der Waals surface area contributed by atoms with Crippen LogP contribution in [-0.4, -0.2) is 31.8 Å². The molecule has 2 aromatic rings. The highest BCUT2D eigenvalue weighted by Crippen LogP contribution is 2.24. The SMILES string of the molecule is COc1ccc(OC)c(CCCNCc2ccc(C(=O)O)cc2)c1. The van der Waals surface area contributed by atoms with Gasteiger partial charge in [-0.15, -0.1) is 0 Å². The van der Waals surface area contributed by atoms with E-state index in [0.717, 1.165) is 48.6 Å². The molecule has 0 aliphatic rings. The van der Waals surface area contributed by atoms with Crippen molar-refractivity contribution in [2.75, 3.05) is 20.8 Å². The lowest BCUT2D eigenvalue weighted by atomic mass is 10.1. The van der Waals surface area contributed by atoms with Gasteiger partial charge in [0.1, 0.15) is 11.5 Å². The van der Waals surface area contributed by atoms with E-state index in [2.05, 4.69) is 5.32 Å². The third-order valence-electron chi connectivity index (χ3n) is 3.82. The van der Waals surface area contributed by atoms with Crippen molar-refractivity contribution in [3.8, 4) is 11.5 Å². The average molecular weight is 329 g/mol. The molecule has 0 saturated carbocycles. The van der Waals surface area contributed by atoms with E-state index >= 15 is 0 Å². The fraction of sp³-hybridized carbons (Fsp3) is 0.316. The molecule has 0 unspecified atom stereocenters. The zero-order valence-corrected chi connectivity index (χ0v) is 14.0. The molecule has 2 aromatic carbocycles. The van der Waals surface area contributed by atoms with Gasteiger partial charge in [0.25, 0.3) is 0 Å². The minimum absolute atomic E-state index is 0.309. The third-order valence-corrected chi connectivity index (χ3v) is 3.82. The Bertz CT molecular complexity index is 668. The zero-order chi connectivity index (χ0) is 17.4. The Morgan fingerprint density at radius 2 is 1.83 bits per heavy atom. The molecule has 5 nitrogen and oxygen atoms in total. The Labute approximate surface area is 142 Å². The molecular formula is C19H23NO4. The van der Waals surface area contributed by atoms with Gasteiger partial charge in [-0.25, -0.2) is 4.79 Å². The van der Waals surface area contributed by atoms with Crippen molar-refractivity contribution < 1.29 is 19.4 Å². The molecule has 0 aromatic heterocycles. The first-order valence-electron chi connectivity index (χ1n) is 7.88. The number of ether oxygens (including phenoxy) is 2. The fourth-order valence-electron chi connectivity index (χ4n) is 2.48. The smallest absolute Gasteiger partial charge is 0.335 e. The maximum absolute atomic E-state index is 10.8. The molecule has 24 heavy (non-hydrogen) atoms. The second-order valence-electron chi connectivity index (χ2n) is 5.46. The largest absolute Gasteiger partial charge is 0.497 e. The van der Waals surface area contributed by atoms with Gasteiger partial charge in [0, 0.05) is 6.54 Å². The highest BCUT2D eigenvalue weighted by atomic mass is 16.5. The van der Waals surface area contributed by atoms with Crippen LogP contribution >= 0.6 is 0 Å². The van der Waals surface area contributed by atoms with Crippen molar-refractivity contribution in [2.24, 2.45) is 0 Å². The summed E-state index contributed by atoms with van der Waals surface area (Å²) in [4.78, 5) is 10.8. The first kappa shape index (κ1) is 17.8. The lowest BCUT2D eigenvalue weighted by Crippen LogP contribution is -2.15. The maximum Gasteiger partial charge on any atom is 0.335 e. The van der Waals surface area contributed by atoms with Crippen molar-refractivity contribution in [3.05, 3.63) is 59.2 Å². The molecule has 0 aliphatic carbocycles. The van der Waals surface area contributed by atoms with E-state index in [1.807, 2.05) is 30.3 Å². The van der Waals surface area contributed by atoms with Gasteiger partial charge < -0.3 is 19.9 Å². The van der Waals surface area contributed by atoms with Gasteiger partial charge in [0.15, 0.2) is 0 Å². The number of aromatic carboxylic acids is 1. The molecule has 0 aliphatic heterocycles. The number of carboxylic acid groups (broad SMARTS) is 1. The second kappa shape index (κ2) is 8.93. The topological polar surface area (TPSA) is 67.8 Å². The number of hydrogen-bond donors (Lipinski definition) is 2. The summed E-state index contributed by atoms with van der Waals surface area (Å²) in [6.07, 6.45) is 1.86. The Morgan fingerprint density at radius 1 is 1.08 bits per heavy atom. The molecule has 0 bridgehead atoms. The number of nitrogens with one attached hydrogen (secondary N) is 1. The van der Waals surface area contributed by atoms with E-state index < -0.39 is 5.97 Å². The number of methoxy groups -OCH3 is 2. The van der Waals surface area contributed by atoms with Gasteiger partial charge in [-0.2, -0.15) is 0 Å². The van der Waals surface area contributed by atoms with Crippen LogP contribution in [0.3, 0.4) is 0 Å². The van der Waals surface area contributed by atoms with E-state index in [4.69, 9.17) is 14.6 Å². The van der Waals surface area contributed by atoms with Crippen molar-refractivity contribution in [2.45, 2.75) is 19.4 Å². The maximum atomic E-state index is 10.8. The monoisotopic (exact) mass is 329 g/mol. The molecule has 0 spiro atoms. The summed E-state index contributed by atoms with van der Waals surface area (Å²) in [7, 11) is 3.33.